The monoisotopic (exact) mass is 329 g/mol. The third-order valence-corrected chi connectivity index (χ3v) is 4.88. The Morgan fingerprint density at radius 2 is 1.78 bits per heavy atom. The van der Waals surface area contributed by atoms with Gasteiger partial charge in [-0.2, -0.15) is 0 Å². The minimum Gasteiger partial charge on any atom is -0.367 e. The zero-order valence-corrected chi connectivity index (χ0v) is 14.4. The van der Waals surface area contributed by atoms with Crippen molar-refractivity contribution in [2.24, 2.45) is 0 Å². The van der Waals surface area contributed by atoms with Gasteiger partial charge in [0.2, 0.25) is 0 Å². The van der Waals surface area contributed by atoms with Crippen LogP contribution in [0.25, 0.3) is 0 Å². The molecule has 1 heterocycles. The van der Waals surface area contributed by atoms with Crippen molar-refractivity contribution < 1.29 is 4.74 Å². The van der Waals surface area contributed by atoms with Gasteiger partial charge in [-0.25, -0.2) is 0 Å². The van der Waals surface area contributed by atoms with E-state index in [1.54, 1.807) is 0 Å². The highest BCUT2D eigenvalue weighted by molar-refractivity contribution is 6.30. The van der Waals surface area contributed by atoms with Crippen molar-refractivity contribution in [1.29, 1.82) is 0 Å². The number of likely N-dealkylation sites (tertiary alicyclic amines) is 1. The first-order valence-electron chi connectivity index (χ1n) is 8.40. The molecule has 1 aliphatic heterocycles. The maximum Gasteiger partial charge on any atom is 0.108 e. The van der Waals surface area contributed by atoms with E-state index < -0.39 is 0 Å². The van der Waals surface area contributed by atoms with Crippen LogP contribution < -0.4 is 0 Å². The molecule has 1 unspecified atom stereocenters. The molecule has 2 atom stereocenters. The highest BCUT2D eigenvalue weighted by atomic mass is 35.5. The summed E-state index contributed by atoms with van der Waals surface area (Å²) in [5, 5.41) is 0.756. The van der Waals surface area contributed by atoms with Crippen LogP contribution in [0.2, 0.25) is 5.02 Å². The van der Waals surface area contributed by atoms with Gasteiger partial charge in [0, 0.05) is 17.6 Å². The van der Waals surface area contributed by atoms with E-state index in [0.717, 1.165) is 23.7 Å². The summed E-state index contributed by atoms with van der Waals surface area (Å²) in [7, 11) is 0. The highest BCUT2D eigenvalue weighted by Gasteiger charge is 2.21. The van der Waals surface area contributed by atoms with Gasteiger partial charge in [0.25, 0.3) is 0 Å². The van der Waals surface area contributed by atoms with Crippen LogP contribution in [0.5, 0.6) is 0 Å². The molecule has 0 radical (unpaired) electrons. The number of halogens is 1. The SMILES string of the molecule is C[C@H]1CCCN1CCOC(c1ccccc1)c1ccc(Cl)cc1. The summed E-state index contributed by atoms with van der Waals surface area (Å²) in [6.45, 7) is 5.24. The summed E-state index contributed by atoms with van der Waals surface area (Å²) >= 11 is 6.02. The number of nitrogens with zero attached hydrogens (tertiary/aromatic N) is 1. The van der Waals surface area contributed by atoms with Crippen LogP contribution in [0.15, 0.2) is 54.6 Å². The molecule has 1 saturated heterocycles. The fourth-order valence-electron chi connectivity index (χ4n) is 3.26. The van der Waals surface area contributed by atoms with E-state index in [9.17, 15) is 0 Å². The first-order chi connectivity index (χ1) is 11.2. The third kappa shape index (κ3) is 4.35. The Kier molecular flexibility index (Phi) is 5.71. The van der Waals surface area contributed by atoms with Crippen molar-refractivity contribution in [2.45, 2.75) is 31.9 Å². The maximum absolute atomic E-state index is 6.28. The first kappa shape index (κ1) is 16.5. The Balaban J connectivity index is 1.69. The van der Waals surface area contributed by atoms with Gasteiger partial charge in [-0.15, -0.1) is 0 Å². The number of benzene rings is 2. The van der Waals surface area contributed by atoms with Gasteiger partial charge in [-0.3, -0.25) is 4.90 Å². The molecular weight excluding hydrogens is 306 g/mol. The predicted molar refractivity (Wildman–Crippen MR) is 96.0 cm³/mol. The molecular formula is C20H24ClNO. The summed E-state index contributed by atoms with van der Waals surface area (Å²) in [6, 6.07) is 19.1. The lowest BCUT2D eigenvalue weighted by Crippen LogP contribution is -2.30. The first-order valence-corrected chi connectivity index (χ1v) is 8.78. The van der Waals surface area contributed by atoms with E-state index in [4.69, 9.17) is 16.3 Å². The van der Waals surface area contributed by atoms with Crippen LogP contribution in [0.1, 0.15) is 37.0 Å². The molecule has 3 heteroatoms. The van der Waals surface area contributed by atoms with Gasteiger partial charge in [0.15, 0.2) is 0 Å². The second-order valence-corrected chi connectivity index (χ2v) is 6.68. The van der Waals surface area contributed by atoms with Crippen LogP contribution in [0.3, 0.4) is 0 Å². The van der Waals surface area contributed by atoms with E-state index in [2.05, 4.69) is 48.2 Å². The molecule has 0 amide bonds. The Morgan fingerprint density at radius 1 is 1.09 bits per heavy atom. The van der Waals surface area contributed by atoms with Crippen molar-refractivity contribution in [1.82, 2.24) is 4.90 Å². The Bertz CT molecular complexity index is 599. The van der Waals surface area contributed by atoms with Gasteiger partial charge in [-0.05, 0) is 49.6 Å². The fraction of sp³-hybridized carbons (Fsp3) is 0.400. The molecule has 0 aliphatic carbocycles. The smallest absolute Gasteiger partial charge is 0.108 e. The molecule has 23 heavy (non-hydrogen) atoms. The largest absolute Gasteiger partial charge is 0.367 e. The van der Waals surface area contributed by atoms with E-state index in [1.165, 1.54) is 24.9 Å². The predicted octanol–water partition coefficient (Wildman–Crippen LogP) is 4.93. The summed E-state index contributed by atoms with van der Waals surface area (Å²) in [5.41, 5.74) is 2.33. The lowest BCUT2D eigenvalue weighted by Gasteiger charge is -2.24. The van der Waals surface area contributed by atoms with Crippen molar-refractivity contribution in [3.63, 3.8) is 0 Å². The van der Waals surface area contributed by atoms with Crippen molar-refractivity contribution in [3.8, 4) is 0 Å². The van der Waals surface area contributed by atoms with E-state index in [-0.39, 0.29) is 6.10 Å². The topological polar surface area (TPSA) is 12.5 Å². The van der Waals surface area contributed by atoms with Crippen molar-refractivity contribution in [2.75, 3.05) is 19.7 Å². The average molecular weight is 330 g/mol. The number of hydrogen-bond acceptors (Lipinski definition) is 2. The van der Waals surface area contributed by atoms with E-state index >= 15 is 0 Å². The molecule has 2 aromatic rings. The standard InChI is InChI=1S/C20H24ClNO/c1-16-6-5-13-22(16)14-15-23-20(17-7-3-2-4-8-17)18-9-11-19(21)12-10-18/h2-4,7-12,16,20H,5-6,13-15H2,1H3/t16-,20?/m0/s1. The molecule has 0 bridgehead atoms. The van der Waals surface area contributed by atoms with Gasteiger partial charge in [0.1, 0.15) is 6.10 Å². The number of ether oxygens (including phenoxy) is 1. The van der Waals surface area contributed by atoms with Gasteiger partial charge >= 0.3 is 0 Å². The second kappa shape index (κ2) is 7.96. The average Bonchev–Trinajstić information content (AvgIpc) is 2.99. The van der Waals surface area contributed by atoms with Crippen LogP contribution >= 0.6 is 11.6 Å². The highest BCUT2D eigenvalue weighted by Crippen LogP contribution is 2.27. The molecule has 0 saturated carbocycles. The third-order valence-electron chi connectivity index (χ3n) is 4.63. The van der Waals surface area contributed by atoms with Crippen LogP contribution in [-0.2, 0) is 4.74 Å². The zero-order valence-electron chi connectivity index (χ0n) is 13.6. The molecule has 2 aromatic carbocycles. The molecule has 2 nitrogen and oxygen atoms in total. The lowest BCUT2D eigenvalue weighted by molar-refractivity contribution is 0.0585. The van der Waals surface area contributed by atoms with Crippen LogP contribution in [0.4, 0.5) is 0 Å². The normalized spacial score (nSPS) is 19.8. The lowest BCUT2D eigenvalue weighted by atomic mass is 10.0. The van der Waals surface area contributed by atoms with Gasteiger partial charge < -0.3 is 4.74 Å². The fourth-order valence-corrected chi connectivity index (χ4v) is 3.39. The molecule has 0 spiro atoms. The van der Waals surface area contributed by atoms with Crippen molar-refractivity contribution >= 4 is 11.6 Å². The van der Waals surface area contributed by atoms with Crippen LogP contribution in [-0.4, -0.2) is 30.6 Å². The Morgan fingerprint density at radius 3 is 2.43 bits per heavy atom. The Hall–Kier alpha value is -1.35. The number of hydrogen-bond donors (Lipinski definition) is 0. The molecule has 122 valence electrons. The molecule has 1 fully saturated rings. The second-order valence-electron chi connectivity index (χ2n) is 6.24. The summed E-state index contributed by atoms with van der Waals surface area (Å²) in [5.74, 6) is 0. The van der Waals surface area contributed by atoms with E-state index in [0.29, 0.717) is 6.04 Å². The van der Waals surface area contributed by atoms with Gasteiger partial charge in [0.05, 0.1) is 6.61 Å². The van der Waals surface area contributed by atoms with Gasteiger partial charge in [-0.1, -0.05) is 54.1 Å². The number of rotatable bonds is 6. The summed E-state index contributed by atoms with van der Waals surface area (Å²) in [6.07, 6.45) is 2.58. The molecule has 0 N–H and O–H groups in total. The van der Waals surface area contributed by atoms with E-state index in [1.807, 2.05) is 18.2 Å². The maximum atomic E-state index is 6.28. The quantitative estimate of drug-likeness (QED) is 0.745. The molecule has 3 rings (SSSR count). The zero-order chi connectivity index (χ0) is 16.1. The minimum absolute atomic E-state index is 0.0358. The molecule has 1 aliphatic rings. The summed E-state index contributed by atoms with van der Waals surface area (Å²) in [4.78, 5) is 2.52. The van der Waals surface area contributed by atoms with Crippen LogP contribution in [0, 0.1) is 0 Å². The minimum atomic E-state index is -0.0358. The Labute approximate surface area is 144 Å². The van der Waals surface area contributed by atoms with Crippen molar-refractivity contribution in [3.05, 3.63) is 70.7 Å². The molecule has 0 aromatic heterocycles. The summed E-state index contributed by atoms with van der Waals surface area (Å²) < 4.78 is 6.28.